The first-order valence-electron chi connectivity index (χ1n) is 10.6. The summed E-state index contributed by atoms with van der Waals surface area (Å²) in [7, 11) is 0. The molecule has 3 heterocycles. The van der Waals surface area contributed by atoms with Gasteiger partial charge in [0.05, 0.1) is 5.39 Å². The van der Waals surface area contributed by atoms with E-state index >= 15 is 0 Å². The second-order valence-electron chi connectivity index (χ2n) is 7.78. The molecule has 0 N–H and O–H groups in total. The van der Waals surface area contributed by atoms with Gasteiger partial charge in [0.1, 0.15) is 4.83 Å². The Hall–Kier alpha value is -1.34. The van der Waals surface area contributed by atoms with Crippen LogP contribution in [0, 0.1) is 0 Å². The van der Waals surface area contributed by atoms with Crippen LogP contribution < -0.4 is 5.56 Å². The van der Waals surface area contributed by atoms with E-state index in [1.165, 1.54) is 23.3 Å². The standard InChI is InChI=1S/C21H29N3O2S2/c1-2-3-6-12-24-20(26)18-15-8-4-5-9-16(15)28-19(18)22-21(24)27-14-13-23-11-7-10-17(23)25/h2-14H2,1H3. The summed E-state index contributed by atoms with van der Waals surface area (Å²) in [4.78, 5) is 34.4. The summed E-state index contributed by atoms with van der Waals surface area (Å²) in [6, 6.07) is 0. The van der Waals surface area contributed by atoms with E-state index in [0.717, 1.165) is 79.3 Å². The molecule has 0 radical (unpaired) electrons. The molecular weight excluding hydrogens is 390 g/mol. The maximum atomic E-state index is 13.4. The zero-order chi connectivity index (χ0) is 19.5. The maximum absolute atomic E-state index is 13.4. The minimum atomic E-state index is 0.153. The number of amides is 1. The van der Waals surface area contributed by atoms with Crippen LogP contribution in [0.5, 0.6) is 0 Å². The Morgan fingerprint density at radius 3 is 2.71 bits per heavy atom. The number of thioether (sulfide) groups is 1. The number of carbonyl (C=O) groups is 1. The molecule has 0 atom stereocenters. The molecule has 4 rings (SSSR count). The molecule has 0 unspecified atom stereocenters. The van der Waals surface area contributed by atoms with Crippen LogP contribution in [-0.2, 0) is 24.2 Å². The first kappa shape index (κ1) is 20.0. The van der Waals surface area contributed by atoms with Crippen LogP contribution in [-0.4, -0.2) is 39.2 Å². The van der Waals surface area contributed by atoms with Gasteiger partial charge < -0.3 is 4.90 Å². The molecule has 2 aliphatic rings. The van der Waals surface area contributed by atoms with E-state index in [9.17, 15) is 9.59 Å². The van der Waals surface area contributed by atoms with Crippen LogP contribution in [0.2, 0.25) is 0 Å². The summed E-state index contributed by atoms with van der Waals surface area (Å²) in [5.41, 5.74) is 1.42. The molecule has 0 aromatic carbocycles. The van der Waals surface area contributed by atoms with E-state index in [1.54, 1.807) is 23.1 Å². The number of nitrogens with zero attached hydrogens (tertiary/aromatic N) is 3. The van der Waals surface area contributed by atoms with Crippen molar-refractivity contribution < 1.29 is 4.79 Å². The van der Waals surface area contributed by atoms with Crippen molar-refractivity contribution in [2.24, 2.45) is 0 Å². The maximum Gasteiger partial charge on any atom is 0.263 e. The quantitative estimate of drug-likeness (QED) is 0.365. The average molecular weight is 420 g/mol. The number of thiophene rings is 1. The largest absolute Gasteiger partial charge is 0.342 e. The predicted molar refractivity (Wildman–Crippen MR) is 117 cm³/mol. The Balaban J connectivity index is 1.61. The molecule has 1 amide bonds. The zero-order valence-corrected chi connectivity index (χ0v) is 18.3. The fraction of sp³-hybridized carbons (Fsp3) is 0.667. The number of fused-ring (bicyclic) bond motifs is 3. The number of aromatic nitrogens is 2. The molecule has 5 nitrogen and oxygen atoms in total. The number of likely N-dealkylation sites (tertiary alicyclic amines) is 1. The second kappa shape index (κ2) is 8.99. The first-order valence-corrected chi connectivity index (χ1v) is 12.4. The van der Waals surface area contributed by atoms with Gasteiger partial charge in [-0.05, 0) is 44.1 Å². The Labute approximate surface area is 174 Å². The molecule has 1 aliphatic heterocycles. The number of aryl methyl sites for hydroxylation is 2. The molecule has 1 saturated heterocycles. The van der Waals surface area contributed by atoms with Gasteiger partial charge in [0.15, 0.2) is 5.16 Å². The Kier molecular flexibility index (Phi) is 6.41. The summed E-state index contributed by atoms with van der Waals surface area (Å²) >= 11 is 3.36. The van der Waals surface area contributed by atoms with Crippen molar-refractivity contribution in [1.29, 1.82) is 0 Å². The topological polar surface area (TPSA) is 55.2 Å². The van der Waals surface area contributed by atoms with E-state index in [4.69, 9.17) is 4.98 Å². The molecule has 1 fully saturated rings. The molecule has 7 heteroatoms. The molecule has 0 spiro atoms. The van der Waals surface area contributed by atoms with Crippen molar-refractivity contribution in [3.05, 3.63) is 20.8 Å². The van der Waals surface area contributed by atoms with E-state index in [2.05, 4.69) is 6.92 Å². The van der Waals surface area contributed by atoms with Crippen LogP contribution in [0.1, 0.15) is 62.3 Å². The number of carbonyl (C=O) groups excluding carboxylic acids is 1. The lowest BCUT2D eigenvalue weighted by atomic mass is 9.97. The highest BCUT2D eigenvalue weighted by molar-refractivity contribution is 7.99. The highest BCUT2D eigenvalue weighted by atomic mass is 32.2. The molecule has 2 aromatic heterocycles. The minimum absolute atomic E-state index is 0.153. The third kappa shape index (κ3) is 4.01. The highest BCUT2D eigenvalue weighted by Gasteiger charge is 2.23. The monoisotopic (exact) mass is 419 g/mol. The number of rotatable bonds is 8. The van der Waals surface area contributed by atoms with Crippen molar-refractivity contribution in [2.45, 2.75) is 76.4 Å². The van der Waals surface area contributed by atoms with Gasteiger partial charge in [-0.15, -0.1) is 11.3 Å². The lowest BCUT2D eigenvalue weighted by molar-refractivity contribution is -0.127. The van der Waals surface area contributed by atoms with Gasteiger partial charge >= 0.3 is 0 Å². The smallest absolute Gasteiger partial charge is 0.263 e. The van der Waals surface area contributed by atoms with E-state index in [-0.39, 0.29) is 11.5 Å². The predicted octanol–water partition coefficient (Wildman–Crippen LogP) is 4.24. The molecular formula is C21H29N3O2S2. The van der Waals surface area contributed by atoms with Crippen molar-refractivity contribution in [1.82, 2.24) is 14.5 Å². The van der Waals surface area contributed by atoms with Gasteiger partial charge in [-0.2, -0.15) is 0 Å². The van der Waals surface area contributed by atoms with Crippen molar-refractivity contribution >= 4 is 39.2 Å². The summed E-state index contributed by atoms with van der Waals surface area (Å²) in [5.74, 6) is 1.05. The molecule has 28 heavy (non-hydrogen) atoms. The van der Waals surface area contributed by atoms with E-state index in [0.29, 0.717) is 6.42 Å². The third-order valence-corrected chi connectivity index (χ3v) is 7.93. The van der Waals surface area contributed by atoms with Crippen LogP contribution in [0.25, 0.3) is 10.2 Å². The lowest BCUT2D eigenvalue weighted by Crippen LogP contribution is -2.28. The fourth-order valence-corrected chi connectivity index (χ4v) is 6.52. The van der Waals surface area contributed by atoms with Crippen LogP contribution in [0.4, 0.5) is 0 Å². The minimum Gasteiger partial charge on any atom is -0.342 e. The van der Waals surface area contributed by atoms with Gasteiger partial charge in [0, 0.05) is 36.7 Å². The van der Waals surface area contributed by atoms with E-state index in [1.807, 2.05) is 9.47 Å². The summed E-state index contributed by atoms with van der Waals surface area (Å²) in [6.07, 6.45) is 9.42. The van der Waals surface area contributed by atoms with Crippen molar-refractivity contribution in [3.63, 3.8) is 0 Å². The zero-order valence-electron chi connectivity index (χ0n) is 16.7. The first-order chi connectivity index (χ1) is 13.7. The molecule has 152 valence electrons. The van der Waals surface area contributed by atoms with Gasteiger partial charge in [-0.1, -0.05) is 31.5 Å². The van der Waals surface area contributed by atoms with Crippen LogP contribution in [0.3, 0.4) is 0 Å². The Bertz CT molecular complexity index is 918. The summed E-state index contributed by atoms with van der Waals surface area (Å²) < 4.78 is 1.91. The highest BCUT2D eigenvalue weighted by Crippen LogP contribution is 2.34. The Morgan fingerprint density at radius 1 is 1.07 bits per heavy atom. The summed E-state index contributed by atoms with van der Waals surface area (Å²) in [5, 5.41) is 1.72. The van der Waals surface area contributed by atoms with E-state index < -0.39 is 0 Å². The normalized spacial score (nSPS) is 16.9. The Morgan fingerprint density at radius 2 is 1.93 bits per heavy atom. The number of hydrogen-bond acceptors (Lipinski definition) is 5. The van der Waals surface area contributed by atoms with Crippen LogP contribution in [0.15, 0.2) is 9.95 Å². The number of unbranched alkanes of at least 4 members (excludes halogenated alkanes) is 2. The molecule has 2 aromatic rings. The van der Waals surface area contributed by atoms with Crippen molar-refractivity contribution in [3.8, 4) is 0 Å². The van der Waals surface area contributed by atoms with Gasteiger partial charge in [-0.25, -0.2) is 4.98 Å². The van der Waals surface area contributed by atoms with Gasteiger partial charge in [-0.3, -0.25) is 14.2 Å². The fourth-order valence-electron chi connectivity index (χ4n) is 4.23. The molecule has 0 bridgehead atoms. The van der Waals surface area contributed by atoms with Crippen LogP contribution >= 0.6 is 23.1 Å². The van der Waals surface area contributed by atoms with Gasteiger partial charge in [0.25, 0.3) is 5.56 Å². The third-order valence-electron chi connectivity index (χ3n) is 5.79. The van der Waals surface area contributed by atoms with Gasteiger partial charge in [0.2, 0.25) is 5.91 Å². The number of hydrogen-bond donors (Lipinski definition) is 0. The molecule has 0 saturated carbocycles. The molecule has 1 aliphatic carbocycles. The summed E-state index contributed by atoms with van der Waals surface area (Å²) in [6.45, 7) is 4.54. The second-order valence-corrected chi connectivity index (χ2v) is 9.93. The average Bonchev–Trinajstić information content (AvgIpc) is 3.27. The SMILES string of the molecule is CCCCCn1c(SCCN2CCCC2=O)nc2sc3c(c2c1=O)CCCC3. The van der Waals surface area contributed by atoms with Crippen molar-refractivity contribution in [2.75, 3.05) is 18.8 Å². The lowest BCUT2D eigenvalue weighted by Gasteiger charge is -2.16.